The van der Waals surface area contributed by atoms with E-state index >= 15 is 0 Å². The molecule has 0 aliphatic rings. The summed E-state index contributed by atoms with van der Waals surface area (Å²) in [5.74, 6) is 1.13. The number of hydrogen-bond donors (Lipinski definition) is 2. The van der Waals surface area contributed by atoms with E-state index in [0.29, 0.717) is 31.9 Å². The highest BCUT2D eigenvalue weighted by Crippen LogP contribution is 2.17. The molecule has 6 heteroatoms. The molecule has 1 rings (SSSR count). The largest absolute Gasteiger partial charge is 0.494 e. The number of ether oxygens (including phenoxy) is 2. The van der Waals surface area contributed by atoms with Crippen LogP contribution >= 0.6 is 0 Å². The van der Waals surface area contributed by atoms with Gasteiger partial charge in [-0.3, -0.25) is 9.59 Å². The topological polar surface area (TPSA) is 76.7 Å². The number of nitrogens with one attached hydrogen (secondary N) is 2. The smallest absolute Gasteiger partial charge is 0.257 e. The molecule has 0 heterocycles. The Balaban J connectivity index is 2.16. The van der Waals surface area contributed by atoms with E-state index in [0.717, 1.165) is 5.75 Å². The van der Waals surface area contributed by atoms with Crippen LogP contribution < -0.4 is 20.1 Å². The predicted octanol–water partition coefficient (Wildman–Crippen LogP) is 1.11. The first-order valence-electron chi connectivity index (χ1n) is 6.98. The quantitative estimate of drug-likeness (QED) is 0.669. The van der Waals surface area contributed by atoms with Gasteiger partial charge in [-0.25, -0.2) is 0 Å². The fourth-order valence-electron chi connectivity index (χ4n) is 1.58. The van der Waals surface area contributed by atoms with Crippen LogP contribution in [0.5, 0.6) is 11.5 Å². The first kappa shape index (κ1) is 16.8. The van der Waals surface area contributed by atoms with E-state index in [2.05, 4.69) is 10.6 Å². The van der Waals surface area contributed by atoms with Crippen LogP contribution in [-0.4, -0.2) is 38.1 Å². The molecule has 0 aliphatic heterocycles. The van der Waals surface area contributed by atoms with Crippen LogP contribution in [0.2, 0.25) is 0 Å². The third-order valence-corrected chi connectivity index (χ3v) is 2.55. The van der Waals surface area contributed by atoms with E-state index in [-0.39, 0.29) is 18.4 Å². The standard InChI is InChI=1S/C15H22N2O4/c1-3-20-13-5-7-14(8-6-13)21-11-15(19)17-10-4-9-16-12(2)18/h5-8H,3-4,9-11H2,1-2H3,(H,16,18)(H,17,19). The molecule has 0 fully saturated rings. The van der Waals surface area contributed by atoms with Gasteiger partial charge >= 0.3 is 0 Å². The second-order valence-electron chi connectivity index (χ2n) is 4.38. The minimum atomic E-state index is -0.188. The molecule has 0 saturated heterocycles. The molecule has 0 radical (unpaired) electrons. The number of carbonyl (C=O) groups is 2. The molecule has 0 saturated carbocycles. The summed E-state index contributed by atoms with van der Waals surface area (Å²) in [6.07, 6.45) is 0.689. The van der Waals surface area contributed by atoms with E-state index in [1.54, 1.807) is 24.3 Å². The Kier molecular flexibility index (Phi) is 7.71. The molecule has 1 aromatic rings. The van der Waals surface area contributed by atoms with Gasteiger partial charge in [-0.15, -0.1) is 0 Å². The lowest BCUT2D eigenvalue weighted by Crippen LogP contribution is -2.32. The Morgan fingerprint density at radius 3 is 2.14 bits per heavy atom. The highest BCUT2D eigenvalue weighted by molar-refractivity contribution is 5.77. The van der Waals surface area contributed by atoms with Crippen molar-refractivity contribution >= 4 is 11.8 Å². The summed E-state index contributed by atoms with van der Waals surface area (Å²) in [6, 6.07) is 7.11. The summed E-state index contributed by atoms with van der Waals surface area (Å²) in [7, 11) is 0. The SMILES string of the molecule is CCOc1ccc(OCC(=O)NCCCNC(C)=O)cc1. The van der Waals surface area contributed by atoms with Crippen LogP contribution in [0.15, 0.2) is 24.3 Å². The van der Waals surface area contributed by atoms with Crippen LogP contribution in [0.25, 0.3) is 0 Å². The van der Waals surface area contributed by atoms with Gasteiger partial charge < -0.3 is 20.1 Å². The minimum absolute atomic E-state index is 0.0336. The maximum atomic E-state index is 11.5. The van der Waals surface area contributed by atoms with Gasteiger partial charge in [0.2, 0.25) is 5.91 Å². The number of carbonyl (C=O) groups excluding carboxylic acids is 2. The van der Waals surface area contributed by atoms with E-state index in [1.165, 1.54) is 6.92 Å². The monoisotopic (exact) mass is 294 g/mol. The first-order valence-corrected chi connectivity index (χ1v) is 6.98. The van der Waals surface area contributed by atoms with Gasteiger partial charge in [0.25, 0.3) is 5.91 Å². The maximum absolute atomic E-state index is 11.5. The van der Waals surface area contributed by atoms with E-state index in [1.807, 2.05) is 6.92 Å². The van der Waals surface area contributed by atoms with Gasteiger partial charge in [-0.05, 0) is 37.6 Å². The van der Waals surface area contributed by atoms with Crippen molar-refractivity contribution < 1.29 is 19.1 Å². The van der Waals surface area contributed by atoms with E-state index in [4.69, 9.17) is 9.47 Å². The lowest BCUT2D eigenvalue weighted by atomic mass is 10.3. The molecule has 2 N–H and O–H groups in total. The lowest BCUT2D eigenvalue weighted by Gasteiger charge is -2.08. The fourth-order valence-corrected chi connectivity index (χ4v) is 1.58. The van der Waals surface area contributed by atoms with Gasteiger partial charge in [-0.2, -0.15) is 0 Å². The Morgan fingerprint density at radius 1 is 1.00 bits per heavy atom. The summed E-state index contributed by atoms with van der Waals surface area (Å²) in [5.41, 5.74) is 0. The van der Waals surface area contributed by atoms with Crippen LogP contribution in [0.3, 0.4) is 0 Å². The Hall–Kier alpha value is -2.24. The van der Waals surface area contributed by atoms with E-state index in [9.17, 15) is 9.59 Å². The first-order chi connectivity index (χ1) is 10.1. The molecule has 116 valence electrons. The lowest BCUT2D eigenvalue weighted by molar-refractivity contribution is -0.123. The molecule has 1 aromatic carbocycles. The third kappa shape index (κ3) is 7.81. The number of rotatable bonds is 9. The van der Waals surface area contributed by atoms with Crippen molar-refractivity contribution in [3.63, 3.8) is 0 Å². The average Bonchev–Trinajstić information content (AvgIpc) is 2.46. The highest BCUT2D eigenvalue weighted by atomic mass is 16.5. The summed E-state index contributed by atoms with van der Waals surface area (Å²) >= 11 is 0. The molecule has 0 unspecified atom stereocenters. The van der Waals surface area contributed by atoms with Crippen LogP contribution in [0.1, 0.15) is 20.3 Å². The second-order valence-corrected chi connectivity index (χ2v) is 4.38. The van der Waals surface area contributed by atoms with Crippen LogP contribution in [0.4, 0.5) is 0 Å². The summed E-state index contributed by atoms with van der Waals surface area (Å²) < 4.78 is 10.7. The number of hydrogen-bond acceptors (Lipinski definition) is 4. The zero-order valence-electron chi connectivity index (χ0n) is 12.5. The maximum Gasteiger partial charge on any atom is 0.257 e. The van der Waals surface area contributed by atoms with Crippen molar-refractivity contribution in [1.29, 1.82) is 0 Å². The van der Waals surface area contributed by atoms with Gasteiger partial charge in [0, 0.05) is 20.0 Å². The highest BCUT2D eigenvalue weighted by Gasteiger charge is 2.02. The molecule has 0 spiro atoms. The second kappa shape index (κ2) is 9.63. The summed E-state index contributed by atoms with van der Waals surface area (Å²) in [5, 5.41) is 5.38. The minimum Gasteiger partial charge on any atom is -0.494 e. The molecule has 0 aliphatic carbocycles. The summed E-state index contributed by atoms with van der Waals surface area (Å²) in [4.78, 5) is 22.2. The molecule has 0 aromatic heterocycles. The molecule has 0 atom stereocenters. The van der Waals surface area contributed by atoms with Crippen molar-refractivity contribution in [2.24, 2.45) is 0 Å². The molecular formula is C15H22N2O4. The van der Waals surface area contributed by atoms with Gasteiger partial charge in [0.15, 0.2) is 6.61 Å². The van der Waals surface area contributed by atoms with Gasteiger partial charge in [-0.1, -0.05) is 0 Å². The van der Waals surface area contributed by atoms with Crippen molar-refractivity contribution in [3.05, 3.63) is 24.3 Å². The molecule has 2 amide bonds. The van der Waals surface area contributed by atoms with Gasteiger partial charge in [0.1, 0.15) is 11.5 Å². The Bertz CT molecular complexity index is 445. The van der Waals surface area contributed by atoms with Crippen molar-refractivity contribution in [3.8, 4) is 11.5 Å². The van der Waals surface area contributed by atoms with E-state index < -0.39 is 0 Å². The molecule has 6 nitrogen and oxygen atoms in total. The van der Waals surface area contributed by atoms with Gasteiger partial charge in [0.05, 0.1) is 6.61 Å². The Morgan fingerprint density at radius 2 is 1.57 bits per heavy atom. The number of benzene rings is 1. The van der Waals surface area contributed by atoms with Crippen molar-refractivity contribution in [2.75, 3.05) is 26.3 Å². The Labute approximate surface area is 124 Å². The normalized spacial score (nSPS) is 9.81. The van der Waals surface area contributed by atoms with Crippen LogP contribution in [-0.2, 0) is 9.59 Å². The average molecular weight is 294 g/mol. The molecular weight excluding hydrogens is 272 g/mol. The fraction of sp³-hybridized carbons (Fsp3) is 0.467. The third-order valence-electron chi connectivity index (χ3n) is 2.55. The van der Waals surface area contributed by atoms with Crippen LogP contribution in [0, 0.1) is 0 Å². The number of amides is 2. The van der Waals surface area contributed by atoms with Crippen molar-refractivity contribution in [2.45, 2.75) is 20.3 Å². The summed E-state index contributed by atoms with van der Waals surface area (Å²) in [6.45, 7) is 5.01. The molecule has 21 heavy (non-hydrogen) atoms. The molecule has 0 bridgehead atoms. The predicted molar refractivity (Wildman–Crippen MR) is 79.4 cm³/mol. The zero-order valence-corrected chi connectivity index (χ0v) is 12.5. The van der Waals surface area contributed by atoms with Crippen molar-refractivity contribution in [1.82, 2.24) is 10.6 Å². The zero-order chi connectivity index (χ0) is 15.5.